The number of amides is 5. The van der Waals surface area contributed by atoms with Gasteiger partial charge in [-0.2, -0.15) is 0 Å². The summed E-state index contributed by atoms with van der Waals surface area (Å²) in [5.74, 6) is -1.70. The Balaban J connectivity index is 1.64. The molecule has 5 amide bonds. The highest BCUT2D eigenvalue weighted by Gasteiger charge is 2.52. The van der Waals surface area contributed by atoms with Crippen LogP contribution in [0, 0.1) is 5.82 Å². The average Bonchev–Trinajstić information content (AvgIpc) is 2.95. The van der Waals surface area contributed by atoms with Crippen molar-refractivity contribution < 1.29 is 23.6 Å². The van der Waals surface area contributed by atoms with Crippen LogP contribution in [-0.4, -0.2) is 41.2 Å². The summed E-state index contributed by atoms with van der Waals surface area (Å²) in [7, 11) is 0. The van der Waals surface area contributed by atoms with Crippen molar-refractivity contribution in [3.8, 4) is 0 Å². The predicted molar refractivity (Wildman–Crippen MR) is 124 cm³/mol. The molecule has 0 unspecified atom stereocenters. The minimum atomic E-state index is -1.36. The Hall–Kier alpha value is -3.75. The summed E-state index contributed by atoms with van der Waals surface area (Å²) in [6.45, 7) is 3.23. The molecule has 2 heterocycles. The summed E-state index contributed by atoms with van der Waals surface area (Å²) in [5.41, 5.74) is 0.111. The van der Waals surface area contributed by atoms with E-state index in [4.69, 9.17) is 0 Å². The average molecular weight is 467 g/mol. The number of imide groups is 1. The van der Waals surface area contributed by atoms with Crippen LogP contribution in [0.25, 0.3) is 0 Å². The van der Waals surface area contributed by atoms with Gasteiger partial charge >= 0.3 is 6.03 Å². The van der Waals surface area contributed by atoms with Crippen LogP contribution in [0.3, 0.4) is 0 Å². The number of nitrogens with one attached hydrogen (secondary N) is 2. The number of anilines is 2. The van der Waals surface area contributed by atoms with Crippen LogP contribution in [0.2, 0.25) is 0 Å². The second-order valence-electron chi connectivity index (χ2n) is 8.72. The molecule has 0 bridgehead atoms. The first-order valence-electron chi connectivity index (χ1n) is 11.4. The van der Waals surface area contributed by atoms with Crippen LogP contribution < -0.4 is 15.5 Å². The molecule has 8 nitrogen and oxygen atoms in total. The third-order valence-electron chi connectivity index (χ3n) is 6.34. The van der Waals surface area contributed by atoms with E-state index in [-0.39, 0.29) is 12.3 Å². The van der Waals surface area contributed by atoms with Crippen LogP contribution in [0.4, 0.5) is 20.6 Å². The number of carbonyl (C=O) groups is 4. The SMILES string of the molecule is CCCC[C@@]1(c2ccc(F)cc2)NC(=O)N(CC(=O)N2c3ccccc3NC(=O)C[C@H]2C)C1=O. The lowest BCUT2D eigenvalue weighted by Gasteiger charge is -2.30. The van der Waals surface area contributed by atoms with Crippen molar-refractivity contribution in [2.75, 3.05) is 16.8 Å². The predicted octanol–water partition coefficient (Wildman–Crippen LogP) is 3.53. The van der Waals surface area contributed by atoms with Crippen LogP contribution in [0.1, 0.15) is 45.1 Å². The van der Waals surface area contributed by atoms with Gasteiger partial charge in [0.1, 0.15) is 17.9 Å². The third-order valence-corrected chi connectivity index (χ3v) is 6.34. The number of hydrogen-bond donors (Lipinski definition) is 2. The molecule has 0 saturated carbocycles. The van der Waals surface area contributed by atoms with Crippen molar-refractivity contribution in [3.05, 3.63) is 59.9 Å². The minimum Gasteiger partial charge on any atom is -0.324 e. The number of halogens is 1. The fraction of sp³-hybridized carbons (Fsp3) is 0.360. The van der Waals surface area contributed by atoms with Gasteiger partial charge in [0.05, 0.1) is 11.4 Å². The van der Waals surface area contributed by atoms with E-state index >= 15 is 0 Å². The first kappa shape index (κ1) is 23.4. The summed E-state index contributed by atoms with van der Waals surface area (Å²) >= 11 is 0. The molecule has 4 rings (SSSR count). The molecule has 0 radical (unpaired) electrons. The molecule has 0 spiro atoms. The molecule has 0 aromatic heterocycles. The van der Waals surface area contributed by atoms with E-state index in [2.05, 4.69) is 10.6 Å². The van der Waals surface area contributed by atoms with Crippen molar-refractivity contribution in [1.82, 2.24) is 10.2 Å². The van der Waals surface area contributed by atoms with Gasteiger partial charge in [0, 0.05) is 12.5 Å². The minimum absolute atomic E-state index is 0.0799. The quantitative estimate of drug-likeness (QED) is 0.637. The molecule has 0 aliphatic carbocycles. The summed E-state index contributed by atoms with van der Waals surface area (Å²) in [6, 6.07) is 11.2. The van der Waals surface area contributed by atoms with Gasteiger partial charge in [0.15, 0.2) is 0 Å². The first-order valence-corrected chi connectivity index (χ1v) is 11.4. The number of fused-ring (bicyclic) bond motifs is 1. The van der Waals surface area contributed by atoms with Crippen LogP contribution in [-0.2, 0) is 19.9 Å². The largest absolute Gasteiger partial charge is 0.325 e. The summed E-state index contributed by atoms with van der Waals surface area (Å²) in [4.78, 5) is 54.6. The maximum atomic E-state index is 13.6. The van der Waals surface area contributed by atoms with Gasteiger partial charge in [-0.3, -0.25) is 19.3 Å². The third kappa shape index (κ3) is 4.13. The van der Waals surface area contributed by atoms with E-state index in [9.17, 15) is 23.6 Å². The van der Waals surface area contributed by atoms with Gasteiger partial charge in [0.25, 0.3) is 5.91 Å². The molecule has 2 aliphatic heterocycles. The van der Waals surface area contributed by atoms with Gasteiger partial charge in [-0.05, 0) is 43.2 Å². The topological polar surface area (TPSA) is 98.8 Å². The molecular weight excluding hydrogens is 439 g/mol. The molecule has 2 atom stereocenters. The Morgan fingerprint density at radius 1 is 1.12 bits per heavy atom. The number of urea groups is 1. The zero-order chi connectivity index (χ0) is 24.5. The lowest BCUT2D eigenvalue weighted by atomic mass is 9.85. The lowest BCUT2D eigenvalue weighted by Crippen LogP contribution is -2.48. The van der Waals surface area contributed by atoms with Crippen LogP contribution in [0.15, 0.2) is 48.5 Å². The van der Waals surface area contributed by atoms with Gasteiger partial charge in [0.2, 0.25) is 11.8 Å². The van der Waals surface area contributed by atoms with Gasteiger partial charge in [-0.1, -0.05) is 44.0 Å². The van der Waals surface area contributed by atoms with E-state index in [1.165, 1.54) is 29.2 Å². The van der Waals surface area contributed by atoms with Crippen molar-refractivity contribution in [1.29, 1.82) is 0 Å². The molecule has 2 aromatic rings. The van der Waals surface area contributed by atoms with Crippen LogP contribution >= 0.6 is 0 Å². The van der Waals surface area contributed by atoms with E-state index < -0.39 is 41.8 Å². The monoisotopic (exact) mass is 466 g/mol. The van der Waals surface area contributed by atoms with Gasteiger partial charge < -0.3 is 15.5 Å². The lowest BCUT2D eigenvalue weighted by molar-refractivity contribution is -0.135. The van der Waals surface area contributed by atoms with Crippen LogP contribution in [0.5, 0.6) is 0 Å². The highest BCUT2D eigenvalue weighted by molar-refractivity contribution is 6.12. The maximum absolute atomic E-state index is 13.6. The molecular formula is C25H27FN4O4. The van der Waals surface area contributed by atoms with E-state index in [0.717, 1.165) is 11.3 Å². The molecule has 1 saturated heterocycles. The zero-order valence-corrected chi connectivity index (χ0v) is 19.1. The van der Waals surface area contributed by atoms with Crippen molar-refractivity contribution in [2.45, 2.75) is 51.1 Å². The van der Waals surface area contributed by atoms with Gasteiger partial charge in [-0.25, -0.2) is 9.18 Å². The standard InChI is InChI=1S/C25H27FN4O4/c1-3-4-13-25(17-9-11-18(26)12-10-17)23(33)29(24(34)28-25)15-22(32)30-16(2)14-21(31)27-19-7-5-6-8-20(19)30/h5-12,16H,3-4,13-15H2,1-2H3,(H,27,31)(H,28,34)/t16-,25+/m1/s1. The Labute approximate surface area is 197 Å². The van der Waals surface area contributed by atoms with Crippen molar-refractivity contribution in [3.63, 3.8) is 0 Å². The normalized spacial score (nSPS) is 22.2. The fourth-order valence-electron chi connectivity index (χ4n) is 4.63. The zero-order valence-electron chi connectivity index (χ0n) is 19.1. The number of unbranched alkanes of at least 4 members (excludes halogenated alkanes) is 1. The Kier molecular flexibility index (Phi) is 6.37. The number of nitrogens with zero attached hydrogens (tertiary/aromatic N) is 2. The number of para-hydroxylation sites is 2. The van der Waals surface area contributed by atoms with Gasteiger partial charge in [-0.15, -0.1) is 0 Å². The molecule has 2 aromatic carbocycles. The number of benzene rings is 2. The number of carbonyl (C=O) groups excluding carboxylic acids is 4. The number of hydrogen-bond acceptors (Lipinski definition) is 4. The highest BCUT2D eigenvalue weighted by atomic mass is 19.1. The highest BCUT2D eigenvalue weighted by Crippen LogP contribution is 2.35. The molecule has 34 heavy (non-hydrogen) atoms. The molecule has 2 aliphatic rings. The molecule has 2 N–H and O–H groups in total. The van der Waals surface area contributed by atoms with E-state index in [1.54, 1.807) is 31.2 Å². The maximum Gasteiger partial charge on any atom is 0.325 e. The summed E-state index contributed by atoms with van der Waals surface area (Å²) < 4.78 is 13.5. The Morgan fingerprint density at radius 2 is 1.82 bits per heavy atom. The summed E-state index contributed by atoms with van der Waals surface area (Å²) in [5, 5.41) is 5.56. The second kappa shape index (κ2) is 9.24. The van der Waals surface area contributed by atoms with Crippen molar-refractivity contribution in [2.24, 2.45) is 0 Å². The summed E-state index contributed by atoms with van der Waals surface area (Å²) in [6.07, 6.45) is 1.84. The van der Waals surface area contributed by atoms with Crippen molar-refractivity contribution >= 4 is 35.1 Å². The van der Waals surface area contributed by atoms with E-state index in [1.807, 2.05) is 6.92 Å². The smallest absolute Gasteiger partial charge is 0.324 e. The molecule has 9 heteroatoms. The number of rotatable bonds is 6. The molecule has 1 fully saturated rings. The first-order chi connectivity index (χ1) is 16.3. The second-order valence-corrected chi connectivity index (χ2v) is 8.72. The molecule has 178 valence electrons. The van der Waals surface area contributed by atoms with E-state index in [0.29, 0.717) is 29.8 Å². The Morgan fingerprint density at radius 3 is 2.53 bits per heavy atom. The Bertz CT molecular complexity index is 1140. The fourth-order valence-corrected chi connectivity index (χ4v) is 4.63.